The molecule has 22 heavy (non-hydrogen) atoms. The summed E-state index contributed by atoms with van der Waals surface area (Å²) in [6, 6.07) is 1.53. The van der Waals surface area contributed by atoms with Crippen molar-refractivity contribution >= 4 is 34.8 Å². The van der Waals surface area contributed by atoms with Crippen LogP contribution in [0.15, 0.2) is 17.3 Å². The molecule has 0 atom stereocenters. The van der Waals surface area contributed by atoms with Crippen LogP contribution in [0.3, 0.4) is 0 Å². The molecule has 7 nitrogen and oxygen atoms in total. The van der Waals surface area contributed by atoms with Gasteiger partial charge in [0, 0.05) is 39.3 Å². The summed E-state index contributed by atoms with van der Waals surface area (Å²) in [5.74, 6) is 0. The van der Waals surface area contributed by atoms with Gasteiger partial charge >= 0.3 is 0 Å². The highest BCUT2D eigenvalue weighted by molar-refractivity contribution is 7.89. The van der Waals surface area contributed by atoms with Gasteiger partial charge in [0.25, 0.3) is 10.0 Å². The Balaban J connectivity index is 0.00000220. The van der Waals surface area contributed by atoms with Crippen LogP contribution in [0.5, 0.6) is 0 Å². The highest BCUT2D eigenvalue weighted by atomic mass is 35.5. The number of nitrogens with zero attached hydrogens (tertiary/aromatic N) is 3. The quantitative estimate of drug-likeness (QED) is 0.672. The number of aromatic nitrogens is 2. The summed E-state index contributed by atoms with van der Waals surface area (Å²) < 4.78 is 28.4. The first kappa shape index (κ1) is 21.6. The molecule has 130 valence electrons. The Bertz CT molecular complexity index is 517. The van der Waals surface area contributed by atoms with E-state index in [4.69, 9.17) is 0 Å². The van der Waals surface area contributed by atoms with Crippen molar-refractivity contribution in [2.75, 3.05) is 39.3 Å². The summed E-state index contributed by atoms with van der Waals surface area (Å²) in [7, 11) is -3.44. The van der Waals surface area contributed by atoms with E-state index in [1.54, 1.807) is 0 Å². The Morgan fingerprint density at radius 3 is 2.64 bits per heavy atom. The number of halogens is 2. The van der Waals surface area contributed by atoms with E-state index in [-0.39, 0.29) is 29.8 Å². The van der Waals surface area contributed by atoms with Crippen LogP contribution in [0.1, 0.15) is 13.3 Å². The third kappa shape index (κ3) is 6.02. The lowest BCUT2D eigenvalue weighted by Gasteiger charge is -2.27. The maximum Gasteiger partial charge on any atom is 0.257 e. The lowest BCUT2D eigenvalue weighted by molar-refractivity contribution is 0.239. The molecule has 0 bridgehead atoms. The number of hydrogen-bond acceptors (Lipinski definition) is 5. The van der Waals surface area contributed by atoms with Gasteiger partial charge in [-0.15, -0.1) is 24.8 Å². The zero-order chi connectivity index (χ0) is 14.4. The normalized spacial score (nSPS) is 15.9. The highest BCUT2D eigenvalue weighted by Crippen LogP contribution is 2.07. The molecule has 0 aliphatic carbocycles. The van der Waals surface area contributed by atoms with Gasteiger partial charge in [-0.2, -0.15) is 5.10 Å². The molecule has 1 aromatic rings. The van der Waals surface area contributed by atoms with Crippen LogP contribution in [0.2, 0.25) is 0 Å². The summed E-state index contributed by atoms with van der Waals surface area (Å²) in [5.41, 5.74) is 0. The van der Waals surface area contributed by atoms with Crippen LogP contribution in [0.4, 0.5) is 0 Å². The lowest BCUT2D eigenvalue weighted by atomic mass is 10.3. The van der Waals surface area contributed by atoms with Crippen molar-refractivity contribution < 1.29 is 8.42 Å². The van der Waals surface area contributed by atoms with Gasteiger partial charge in [-0.1, -0.05) is 0 Å². The van der Waals surface area contributed by atoms with Crippen LogP contribution < -0.4 is 10.0 Å². The average Bonchev–Trinajstić information content (AvgIpc) is 2.94. The number of rotatable bonds is 7. The summed E-state index contributed by atoms with van der Waals surface area (Å²) in [5, 5.41) is 7.52. The minimum absolute atomic E-state index is 0. The minimum atomic E-state index is -3.44. The van der Waals surface area contributed by atoms with Gasteiger partial charge in [-0.25, -0.2) is 13.1 Å². The van der Waals surface area contributed by atoms with Gasteiger partial charge in [-0.3, -0.25) is 4.68 Å². The molecule has 0 radical (unpaired) electrons. The molecule has 2 heterocycles. The molecule has 1 aliphatic rings. The zero-order valence-corrected chi connectivity index (χ0v) is 15.1. The van der Waals surface area contributed by atoms with E-state index in [1.807, 2.05) is 6.92 Å². The maximum absolute atomic E-state index is 12.1. The van der Waals surface area contributed by atoms with E-state index in [9.17, 15) is 8.42 Å². The molecular formula is C12H25Cl2N5O2S. The number of nitrogens with one attached hydrogen (secondary N) is 2. The van der Waals surface area contributed by atoms with Crippen molar-refractivity contribution in [1.82, 2.24) is 24.7 Å². The fourth-order valence-corrected chi connectivity index (χ4v) is 3.56. The molecule has 1 aliphatic heterocycles. The summed E-state index contributed by atoms with van der Waals surface area (Å²) >= 11 is 0. The van der Waals surface area contributed by atoms with Crippen molar-refractivity contribution in [1.29, 1.82) is 0 Å². The maximum atomic E-state index is 12.1. The molecule has 2 N–H and O–H groups in total. The first-order valence-corrected chi connectivity index (χ1v) is 8.56. The molecule has 1 aromatic heterocycles. The van der Waals surface area contributed by atoms with Crippen LogP contribution in [-0.4, -0.2) is 62.4 Å². The zero-order valence-electron chi connectivity index (χ0n) is 12.7. The van der Waals surface area contributed by atoms with E-state index < -0.39 is 10.0 Å². The predicted molar refractivity (Wildman–Crippen MR) is 91.5 cm³/mol. The summed E-state index contributed by atoms with van der Waals surface area (Å²) in [6.07, 6.45) is 2.33. The summed E-state index contributed by atoms with van der Waals surface area (Å²) in [4.78, 5) is 2.35. The second kappa shape index (κ2) is 10.4. The Labute approximate surface area is 144 Å². The second-order valence-electron chi connectivity index (χ2n) is 4.83. The molecule has 0 unspecified atom stereocenters. The van der Waals surface area contributed by atoms with E-state index in [0.717, 1.165) is 39.1 Å². The largest absolute Gasteiger partial charge is 0.314 e. The minimum Gasteiger partial charge on any atom is -0.314 e. The summed E-state index contributed by atoms with van der Waals surface area (Å²) in [6.45, 7) is 7.91. The number of hydrogen-bond donors (Lipinski definition) is 2. The van der Waals surface area contributed by atoms with Crippen molar-refractivity contribution in [2.45, 2.75) is 24.9 Å². The molecule has 0 amide bonds. The van der Waals surface area contributed by atoms with Gasteiger partial charge in [0.2, 0.25) is 0 Å². The van der Waals surface area contributed by atoms with Crippen LogP contribution in [-0.2, 0) is 16.6 Å². The number of sulfonamides is 1. The first-order chi connectivity index (χ1) is 9.63. The molecule has 1 fully saturated rings. The average molecular weight is 374 g/mol. The third-order valence-corrected chi connectivity index (χ3v) is 4.89. The van der Waals surface area contributed by atoms with Gasteiger partial charge in [-0.05, 0) is 26.0 Å². The Kier molecular flexibility index (Phi) is 10.2. The Morgan fingerprint density at radius 2 is 2.00 bits per heavy atom. The Morgan fingerprint density at radius 1 is 1.32 bits per heavy atom. The lowest BCUT2D eigenvalue weighted by Crippen LogP contribution is -2.44. The molecular weight excluding hydrogens is 349 g/mol. The van der Waals surface area contributed by atoms with Gasteiger partial charge < -0.3 is 10.2 Å². The van der Waals surface area contributed by atoms with E-state index in [2.05, 4.69) is 20.0 Å². The van der Waals surface area contributed by atoms with E-state index in [0.29, 0.717) is 13.1 Å². The molecule has 10 heteroatoms. The van der Waals surface area contributed by atoms with Crippen molar-refractivity contribution in [2.24, 2.45) is 0 Å². The molecule has 1 saturated heterocycles. The van der Waals surface area contributed by atoms with Crippen LogP contribution in [0, 0.1) is 0 Å². The van der Waals surface area contributed by atoms with Crippen molar-refractivity contribution in [3.63, 3.8) is 0 Å². The molecule has 0 saturated carbocycles. The van der Waals surface area contributed by atoms with Crippen LogP contribution >= 0.6 is 24.8 Å². The van der Waals surface area contributed by atoms with Crippen LogP contribution in [0.25, 0.3) is 0 Å². The predicted octanol–water partition coefficient (Wildman–Crippen LogP) is 0.320. The van der Waals surface area contributed by atoms with Gasteiger partial charge in [0.05, 0.1) is 6.20 Å². The van der Waals surface area contributed by atoms with Crippen molar-refractivity contribution in [3.05, 3.63) is 12.3 Å². The Hall–Kier alpha value is -0.380. The fraction of sp³-hybridized carbons (Fsp3) is 0.750. The van der Waals surface area contributed by atoms with E-state index in [1.165, 1.54) is 16.9 Å². The standard InChI is InChI=1S/C12H23N5O2S.2ClH/c1-2-17-12(4-6-14-17)20(18,19)15-5-3-9-16-10-7-13-8-11-16;;/h4,6,13,15H,2-3,5,7-11H2,1H3;2*1H. The fourth-order valence-electron chi connectivity index (χ4n) is 2.30. The van der Waals surface area contributed by atoms with Gasteiger partial charge in [0.15, 0.2) is 5.03 Å². The van der Waals surface area contributed by atoms with Crippen molar-refractivity contribution in [3.8, 4) is 0 Å². The second-order valence-corrected chi connectivity index (χ2v) is 6.54. The molecule has 0 spiro atoms. The number of piperazine rings is 1. The van der Waals surface area contributed by atoms with E-state index >= 15 is 0 Å². The monoisotopic (exact) mass is 373 g/mol. The molecule has 2 rings (SSSR count). The highest BCUT2D eigenvalue weighted by Gasteiger charge is 2.18. The smallest absolute Gasteiger partial charge is 0.257 e. The number of aryl methyl sites for hydroxylation is 1. The topological polar surface area (TPSA) is 79.3 Å². The van der Waals surface area contributed by atoms with Gasteiger partial charge in [0.1, 0.15) is 0 Å². The first-order valence-electron chi connectivity index (χ1n) is 7.08. The SMILES string of the molecule is CCn1nccc1S(=O)(=O)NCCCN1CCNCC1.Cl.Cl. The molecule has 0 aromatic carbocycles. The third-order valence-electron chi connectivity index (χ3n) is 3.41.